The summed E-state index contributed by atoms with van der Waals surface area (Å²) >= 11 is 0. The van der Waals surface area contributed by atoms with Crippen LogP contribution in [0.15, 0.2) is 60.8 Å². The van der Waals surface area contributed by atoms with Gasteiger partial charge < -0.3 is 24.6 Å². The number of phosphoric ester groups is 1. The van der Waals surface area contributed by atoms with Gasteiger partial charge in [-0.2, -0.15) is 0 Å². The summed E-state index contributed by atoms with van der Waals surface area (Å²) in [7, 11) is -4.63. The number of esters is 2. The van der Waals surface area contributed by atoms with Crippen LogP contribution in [-0.2, 0) is 32.7 Å². The molecule has 0 aromatic rings. The molecule has 1 unspecified atom stereocenters. The number of allylic oxidation sites excluding steroid dienone is 10. The minimum atomic E-state index is -4.63. The van der Waals surface area contributed by atoms with Gasteiger partial charge in [0, 0.05) is 12.8 Å². The van der Waals surface area contributed by atoms with Crippen LogP contribution in [0.2, 0.25) is 0 Å². The summed E-state index contributed by atoms with van der Waals surface area (Å²) < 4.78 is 32.6. The molecule has 0 radical (unpaired) electrons. The third kappa shape index (κ3) is 37.8. The van der Waals surface area contributed by atoms with Crippen molar-refractivity contribution in [3.8, 4) is 0 Å². The molecule has 306 valence electrons. The lowest BCUT2D eigenvalue weighted by Gasteiger charge is -2.20. The normalized spacial score (nSPS) is 14.6. The molecule has 10 nitrogen and oxygen atoms in total. The molecule has 53 heavy (non-hydrogen) atoms. The van der Waals surface area contributed by atoms with Crippen LogP contribution in [0.4, 0.5) is 0 Å². The molecular weight excluding hydrogens is 695 g/mol. The number of rotatable bonds is 37. The summed E-state index contributed by atoms with van der Waals surface area (Å²) in [4.78, 5) is 34.9. The first-order chi connectivity index (χ1) is 25.7. The molecule has 0 aliphatic rings. The molecule has 0 aliphatic heterocycles. The second kappa shape index (κ2) is 38.0. The highest BCUT2D eigenvalue weighted by molar-refractivity contribution is 7.47. The number of hydrogen-bond acceptors (Lipinski definition) is 9. The Balaban J connectivity index is 4.43. The van der Waals surface area contributed by atoms with E-state index in [0.717, 1.165) is 77.0 Å². The topological polar surface area (TPSA) is 149 Å². The van der Waals surface area contributed by atoms with Crippen LogP contribution in [0.3, 0.4) is 0 Å². The second-order valence-corrected chi connectivity index (χ2v) is 14.7. The third-order valence-electron chi connectivity index (χ3n) is 8.16. The Morgan fingerprint density at radius 1 is 0.585 bits per heavy atom. The second-order valence-electron chi connectivity index (χ2n) is 13.3. The number of hydrogen-bond donors (Lipinski definition) is 3. The number of unbranched alkanes of at least 4 members (excludes halogenated alkanes) is 13. The van der Waals surface area contributed by atoms with Crippen LogP contribution >= 0.6 is 7.82 Å². The van der Waals surface area contributed by atoms with E-state index in [-0.39, 0.29) is 19.4 Å². The predicted octanol–water partition coefficient (Wildman–Crippen LogP) is 10.3. The maximum atomic E-state index is 12.6. The molecule has 0 saturated carbocycles. The molecule has 0 spiro atoms. The average Bonchev–Trinajstić information content (AvgIpc) is 3.14. The van der Waals surface area contributed by atoms with Crippen LogP contribution in [0.1, 0.15) is 155 Å². The smallest absolute Gasteiger partial charge is 0.462 e. The minimum absolute atomic E-state index is 0.163. The molecule has 0 saturated heterocycles. The fourth-order valence-electron chi connectivity index (χ4n) is 5.04. The van der Waals surface area contributed by atoms with E-state index in [1.807, 2.05) is 0 Å². The van der Waals surface area contributed by atoms with E-state index in [1.54, 1.807) is 0 Å². The summed E-state index contributed by atoms with van der Waals surface area (Å²) in [5.74, 6) is -0.988. The average molecular weight is 769 g/mol. The molecule has 11 heteroatoms. The number of ether oxygens (including phenoxy) is 2. The van der Waals surface area contributed by atoms with Gasteiger partial charge in [0.2, 0.25) is 0 Å². The van der Waals surface area contributed by atoms with Crippen LogP contribution in [0.5, 0.6) is 0 Å². The molecular formula is C42H73O10P. The van der Waals surface area contributed by atoms with Gasteiger partial charge in [-0.25, -0.2) is 4.57 Å². The maximum absolute atomic E-state index is 12.6. The molecule has 0 aromatic heterocycles. The monoisotopic (exact) mass is 768 g/mol. The van der Waals surface area contributed by atoms with Gasteiger partial charge in [0.15, 0.2) is 6.10 Å². The van der Waals surface area contributed by atoms with Gasteiger partial charge in [0.1, 0.15) is 12.7 Å². The van der Waals surface area contributed by atoms with Crippen molar-refractivity contribution in [3.05, 3.63) is 60.8 Å². The van der Waals surface area contributed by atoms with Gasteiger partial charge in [-0.05, 0) is 77.0 Å². The van der Waals surface area contributed by atoms with E-state index in [4.69, 9.17) is 19.1 Å². The van der Waals surface area contributed by atoms with E-state index in [2.05, 4.69) is 79.1 Å². The molecule has 0 heterocycles. The molecule has 3 atom stereocenters. The molecule has 0 fully saturated rings. The van der Waals surface area contributed by atoms with Crippen LogP contribution < -0.4 is 0 Å². The van der Waals surface area contributed by atoms with Gasteiger partial charge >= 0.3 is 19.8 Å². The zero-order valence-electron chi connectivity index (χ0n) is 33.0. The van der Waals surface area contributed by atoms with Crippen molar-refractivity contribution in [1.82, 2.24) is 0 Å². The summed E-state index contributed by atoms with van der Waals surface area (Å²) in [6, 6.07) is 0. The fraction of sp³-hybridized carbons (Fsp3) is 0.714. The number of carbonyl (C=O) groups is 2. The number of aliphatic hydroxyl groups is 2. The predicted molar refractivity (Wildman–Crippen MR) is 214 cm³/mol. The van der Waals surface area contributed by atoms with Crippen LogP contribution in [-0.4, -0.2) is 65.7 Å². The largest absolute Gasteiger partial charge is 0.472 e. The van der Waals surface area contributed by atoms with Crippen LogP contribution in [0.25, 0.3) is 0 Å². The van der Waals surface area contributed by atoms with Crippen LogP contribution in [0, 0.1) is 0 Å². The van der Waals surface area contributed by atoms with E-state index >= 15 is 0 Å². The first-order valence-electron chi connectivity index (χ1n) is 20.2. The van der Waals surface area contributed by atoms with Crippen molar-refractivity contribution in [2.75, 3.05) is 26.4 Å². The zero-order chi connectivity index (χ0) is 39.1. The molecule has 0 aromatic carbocycles. The fourth-order valence-corrected chi connectivity index (χ4v) is 5.83. The van der Waals surface area contributed by atoms with Crippen molar-refractivity contribution in [1.29, 1.82) is 0 Å². The van der Waals surface area contributed by atoms with Gasteiger partial charge in [-0.15, -0.1) is 0 Å². The van der Waals surface area contributed by atoms with E-state index in [1.165, 1.54) is 38.5 Å². The molecule has 3 N–H and O–H groups in total. The van der Waals surface area contributed by atoms with Gasteiger partial charge in [0.05, 0.1) is 19.8 Å². The quantitative estimate of drug-likeness (QED) is 0.0241. The number of carbonyl (C=O) groups excluding carboxylic acids is 2. The molecule has 0 amide bonds. The Labute approximate surface area is 321 Å². The first kappa shape index (κ1) is 50.7. The number of phosphoric acid groups is 1. The third-order valence-corrected chi connectivity index (χ3v) is 9.11. The van der Waals surface area contributed by atoms with Crippen molar-refractivity contribution < 1.29 is 47.8 Å². The lowest BCUT2D eigenvalue weighted by molar-refractivity contribution is -0.161. The summed E-state index contributed by atoms with van der Waals surface area (Å²) in [5.41, 5.74) is 0. The lowest BCUT2D eigenvalue weighted by Crippen LogP contribution is -2.29. The molecule has 0 bridgehead atoms. The zero-order valence-corrected chi connectivity index (χ0v) is 33.9. The maximum Gasteiger partial charge on any atom is 0.472 e. The minimum Gasteiger partial charge on any atom is -0.462 e. The Morgan fingerprint density at radius 2 is 1.04 bits per heavy atom. The highest BCUT2D eigenvalue weighted by Gasteiger charge is 2.27. The standard InChI is InChI=1S/C42H73O10P/c1-3-5-7-9-11-13-15-17-19-21-23-25-27-29-31-33-41(45)49-37-40(38-51-53(47,48)50-36-39(44)35-43)52-42(46)34-32-30-28-26-24-22-20-18-16-14-12-10-8-6-4-2/h5,7,11,13,17-20,23,25,39-40,43-44H,3-4,6,8-10,12,14-16,21-22,24,26-38H2,1-2H3,(H,47,48)/b7-5-,13-11-,19-17-,20-18-,25-23-/t39-,40+/m0/s1. The summed E-state index contributed by atoms with van der Waals surface area (Å²) in [5, 5.41) is 18.3. The van der Waals surface area contributed by atoms with Gasteiger partial charge in [-0.3, -0.25) is 18.6 Å². The molecule has 0 aliphatic carbocycles. The Bertz CT molecular complexity index is 1070. The highest BCUT2D eigenvalue weighted by Crippen LogP contribution is 2.43. The molecule has 0 rings (SSSR count). The van der Waals surface area contributed by atoms with E-state index in [9.17, 15) is 24.2 Å². The van der Waals surface area contributed by atoms with Crippen molar-refractivity contribution in [3.63, 3.8) is 0 Å². The highest BCUT2D eigenvalue weighted by atomic mass is 31.2. The van der Waals surface area contributed by atoms with Gasteiger partial charge in [-0.1, -0.05) is 126 Å². The summed E-state index contributed by atoms with van der Waals surface area (Å²) in [6.45, 7) is 2.18. The Kier molecular flexibility index (Phi) is 36.3. The Hall–Kier alpha value is -2.33. The SMILES string of the molecule is CC/C=C\C/C=C\C/C=C\C/C=C\CCCCC(=O)OC[C@H](COP(=O)(O)OC[C@@H](O)CO)OC(=O)CCCCCCC/C=C\CCCCCCCC. The van der Waals surface area contributed by atoms with Crippen molar-refractivity contribution >= 4 is 19.8 Å². The number of aliphatic hydroxyl groups excluding tert-OH is 2. The van der Waals surface area contributed by atoms with E-state index < -0.39 is 51.8 Å². The van der Waals surface area contributed by atoms with E-state index in [0.29, 0.717) is 12.8 Å². The van der Waals surface area contributed by atoms with Crippen molar-refractivity contribution in [2.24, 2.45) is 0 Å². The lowest BCUT2D eigenvalue weighted by atomic mass is 10.1. The van der Waals surface area contributed by atoms with Crippen molar-refractivity contribution in [2.45, 2.75) is 167 Å². The van der Waals surface area contributed by atoms with Gasteiger partial charge in [0.25, 0.3) is 0 Å². The Morgan fingerprint density at radius 3 is 1.62 bits per heavy atom. The summed E-state index contributed by atoms with van der Waals surface area (Å²) in [6.07, 6.45) is 40.5. The first-order valence-corrected chi connectivity index (χ1v) is 21.7.